The maximum Gasteiger partial charge on any atom is 0.433 e. The van der Waals surface area contributed by atoms with E-state index in [1.54, 1.807) is 6.92 Å². The molecule has 0 bridgehead atoms. The summed E-state index contributed by atoms with van der Waals surface area (Å²) in [7, 11) is 0. The van der Waals surface area contributed by atoms with E-state index in [1.807, 2.05) is 0 Å². The van der Waals surface area contributed by atoms with Crippen LogP contribution in [-0.4, -0.2) is 33.0 Å². The summed E-state index contributed by atoms with van der Waals surface area (Å²) >= 11 is 1.01. The molecule has 2 heterocycles. The zero-order chi connectivity index (χ0) is 15.2. The van der Waals surface area contributed by atoms with Crippen LogP contribution in [0.3, 0.4) is 0 Å². The van der Waals surface area contributed by atoms with Crippen molar-refractivity contribution in [2.45, 2.75) is 12.1 Å². The summed E-state index contributed by atoms with van der Waals surface area (Å²) in [4.78, 5) is 21.1. The molecule has 1 N–H and O–H groups in total. The molecule has 0 saturated heterocycles. The van der Waals surface area contributed by atoms with E-state index in [2.05, 4.69) is 20.7 Å². The number of nitrogens with zero attached hydrogens (tertiary/aromatic N) is 4. The molecule has 21 heavy (non-hydrogen) atoms. The fourth-order valence-corrected chi connectivity index (χ4v) is 1.76. The van der Waals surface area contributed by atoms with Gasteiger partial charge in [0.15, 0.2) is 5.76 Å². The third kappa shape index (κ3) is 3.89. The van der Waals surface area contributed by atoms with Crippen LogP contribution in [0.2, 0.25) is 0 Å². The summed E-state index contributed by atoms with van der Waals surface area (Å²) in [6, 6.07) is 2.53. The third-order valence-corrected chi connectivity index (χ3v) is 2.85. The van der Waals surface area contributed by atoms with Gasteiger partial charge in [-0.1, -0.05) is 11.8 Å². The predicted octanol–water partition coefficient (Wildman–Crippen LogP) is 1.45. The molecule has 2 aromatic heterocycles. The molecule has 0 atom stereocenters. The highest BCUT2D eigenvalue weighted by molar-refractivity contribution is 7.99. The predicted molar refractivity (Wildman–Crippen MR) is 71.7 cm³/mol. The molecule has 0 aliphatic rings. The smallest absolute Gasteiger partial charge is 0.408 e. The lowest BCUT2D eigenvalue weighted by Gasteiger charge is -1.95. The number of thioether (sulfide) groups is 1. The first-order valence-corrected chi connectivity index (χ1v) is 6.56. The Labute approximate surface area is 121 Å². The maximum absolute atomic E-state index is 11.3. The SMILES string of the molecule is C/C=N/NC(=O)CSc1nnc(-c2ccc([N+](=O)[O-])o2)o1. The number of carbonyl (C=O) groups is 1. The van der Waals surface area contributed by atoms with Crippen molar-refractivity contribution in [3.8, 4) is 11.7 Å². The van der Waals surface area contributed by atoms with E-state index < -0.39 is 10.8 Å². The van der Waals surface area contributed by atoms with Gasteiger partial charge in [-0.3, -0.25) is 14.9 Å². The van der Waals surface area contributed by atoms with Crippen LogP contribution in [0.5, 0.6) is 0 Å². The van der Waals surface area contributed by atoms with Crippen molar-refractivity contribution in [3.05, 3.63) is 22.2 Å². The number of rotatable bonds is 6. The Balaban J connectivity index is 1.97. The van der Waals surface area contributed by atoms with E-state index in [0.29, 0.717) is 0 Å². The number of nitrogens with one attached hydrogen (secondary N) is 1. The first-order valence-electron chi connectivity index (χ1n) is 5.57. The first-order chi connectivity index (χ1) is 10.1. The minimum absolute atomic E-state index is 0.00223. The van der Waals surface area contributed by atoms with Crippen LogP contribution in [0.15, 0.2) is 31.3 Å². The number of aromatic nitrogens is 2. The monoisotopic (exact) mass is 311 g/mol. The van der Waals surface area contributed by atoms with Gasteiger partial charge in [0.25, 0.3) is 17.0 Å². The fourth-order valence-electron chi connectivity index (χ4n) is 1.20. The quantitative estimate of drug-likeness (QED) is 0.366. The Hall–Kier alpha value is -2.69. The molecule has 0 aliphatic carbocycles. The summed E-state index contributed by atoms with van der Waals surface area (Å²) in [5.41, 5.74) is 2.28. The fraction of sp³-hybridized carbons (Fsp3) is 0.200. The summed E-state index contributed by atoms with van der Waals surface area (Å²) in [6.45, 7) is 1.67. The van der Waals surface area contributed by atoms with Gasteiger partial charge in [0, 0.05) is 6.21 Å². The van der Waals surface area contributed by atoms with Gasteiger partial charge in [-0.25, -0.2) is 5.43 Å². The summed E-state index contributed by atoms with van der Waals surface area (Å²) in [6.07, 6.45) is 1.44. The lowest BCUT2D eigenvalue weighted by molar-refractivity contribution is -0.401. The molecular weight excluding hydrogens is 302 g/mol. The van der Waals surface area contributed by atoms with Gasteiger partial charge in [-0.2, -0.15) is 5.10 Å². The van der Waals surface area contributed by atoms with Gasteiger partial charge in [0.2, 0.25) is 0 Å². The van der Waals surface area contributed by atoms with E-state index in [-0.39, 0.29) is 28.5 Å². The molecule has 2 aromatic rings. The molecule has 0 radical (unpaired) electrons. The number of hydrogen-bond donors (Lipinski definition) is 1. The van der Waals surface area contributed by atoms with Crippen LogP contribution in [0.1, 0.15) is 6.92 Å². The highest BCUT2D eigenvalue weighted by Gasteiger charge is 2.18. The molecule has 10 nitrogen and oxygen atoms in total. The average Bonchev–Trinajstić information content (AvgIpc) is 3.11. The Morgan fingerprint density at radius 3 is 3.00 bits per heavy atom. The summed E-state index contributed by atoms with van der Waals surface area (Å²) in [5.74, 6) is -0.628. The van der Waals surface area contributed by atoms with Crippen molar-refractivity contribution < 1.29 is 18.6 Å². The molecule has 0 saturated carbocycles. The van der Waals surface area contributed by atoms with Crippen LogP contribution >= 0.6 is 11.8 Å². The van der Waals surface area contributed by atoms with Gasteiger partial charge in [0.05, 0.1) is 11.8 Å². The van der Waals surface area contributed by atoms with E-state index in [4.69, 9.17) is 8.83 Å². The average molecular weight is 311 g/mol. The maximum atomic E-state index is 11.3. The van der Waals surface area contributed by atoms with Crippen molar-refractivity contribution >= 4 is 29.8 Å². The number of carbonyl (C=O) groups excluding carboxylic acids is 1. The molecular formula is C10H9N5O5S. The molecule has 0 spiro atoms. The van der Waals surface area contributed by atoms with E-state index in [9.17, 15) is 14.9 Å². The number of hydrazone groups is 1. The van der Waals surface area contributed by atoms with Crippen molar-refractivity contribution in [3.63, 3.8) is 0 Å². The van der Waals surface area contributed by atoms with E-state index >= 15 is 0 Å². The normalized spacial score (nSPS) is 10.9. The Kier molecular flexibility index (Phi) is 4.66. The van der Waals surface area contributed by atoms with Crippen LogP contribution in [0.25, 0.3) is 11.7 Å². The van der Waals surface area contributed by atoms with E-state index in [1.165, 1.54) is 18.3 Å². The zero-order valence-electron chi connectivity index (χ0n) is 10.7. The van der Waals surface area contributed by atoms with Crippen LogP contribution in [-0.2, 0) is 4.79 Å². The molecule has 0 aromatic carbocycles. The second-order valence-corrected chi connectivity index (χ2v) is 4.41. The Bertz CT molecular complexity index is 679. The first kappa shape index (κ1) is 14.7. The highest BCUT2D eigenvalue weighted by Crippen LogP contribution is 2.27. The van der Waals surface area contributed by atoms with Crippen molar-refractivity contribution in [2.24, 2.45) is 5.10 Å². The standard InChI is InChI=1S/C10H9N5O5S/c1-2-11-12-7(16)5-21-10-14-13-9(20-10)6-3-4-8(19-6)15(17)18/h2-4H,5H2,1H3,(H,12,16)/b11-2+. The third-order valence-electron chi connectivity index (χ3n) is 2.03. The van der Waals surface area contributed by atoms with Crippen molar-refractivity contribution in [1.82, 2.24) is 15.6 Å². The molecule has 2 rings (SSSR count). The summed E-state index contributed by atoms with van der Waals surface area (Å²) < 4.78 is 10.1. The largest absolute Gasteiger partial charge is 0.433 e. The number of amides is 1. The molecule has 11 heteroatoms. The lowest BCUT2D eigenvalue weighted by atomic mass is 10.4. The molecule has 0 unspecified atom stereocenters. The lowest BCUT2D eigenvalue weighted by Crippen LogP contribution is -2.19. The van der Waals surface area contributed by atoms with Crippen LogP contribution in [0.4, 0.5) is 5.88 Å². The van der Waals surface area contributed by atoms with E-state index in [0.717, 1.165) is 11.8 Å². The topological polar surface area (TPSA) is 137 Å². The number of hydrogen-bond acceptors (Lipinski definition) is 9. The van der Waals surface area contributed by atoms with Crippen molar-refractivity contribution in [2.75, 3.05) is 5.75 Å². The van der Waals surface area contributed by atoms with Crippen LogP contribution in [0, 0.1) is 10.1 Å². The Morgan fingerprint density at radius 1 is 1.52 bits per heavy atom. The zero-order valence-corrected chi connectivity index (χ0v) is 11.5. The minimum atomic E-state index is -0.673. The molecule has 110 valence electrons. The van der Waals surface area contributed by atoms with Gasteiger partial charge in [-0.15, -0.1) is 10.2 Å². The molecule has 1 amide bonds. The van der Waals surface area contributed by atoms with Gasteiger partial charge in [-0.05, 0) is 13.0 Å². The van der Waals surface area contributed by atoms with Gasteiger partial charge in [0.1, 0.15) is 4.92 Å². The van der Waals surface area contributed by atoms with Crippen LogP contribution < -0.4 is 5.43 Å². The molecule has 0 aliphatic heterocycles. The molecule has 0 fully saturated rings. The second kappa shape index (κ2) is 6.65. The highest BCUT2D eigenvalue weighted by atomic mass is 32.2. The van der Waals surface area contributed by atoms with Gasteiger partial charge < -0.3 is 8.83 Å². The minimum Gasteiger partial charge on any atom is -0.408 e. The second-order valence-electron chi connectivity index (χ2n) is 3.48. The van der Waals surface area contributed by atoms with Gasteiger partial charge >= 0.3 is 5.88 Å². The number of furan rings is 1. The number of nitro groups is 1. The van der Waals surface area contributed by atoms with Crippen molar-refractivity contribution in [1.29, 1.82) is 0 Å². The summed E-state index contributed by atoms with van der Waals surface area (Å²) in [5, 5.41) is 21.6. The Morgan fingerprint density at radius 2 is 2.33 bits per heavy atom.